The normalized spacial score (nSPS) is 14.8. The summed E-state index contributed by atoms with van der Waals surface area (Å²) in [4.78, 5) is 26.5. The molecule has 3 rings (SSSR count). The third-order valence-electron chi connectivity index (χ3n) is 4.70. The van der Waals surface area contributed by atoms with Crippen LogP contribution in [0.5, 0.6) is 5.75 Å². The van der Waals surface area contributed by atoms with Crippen molar-refractivity contribution in [3.63, 3.8) is 0 Å². The van der Waals surface area contributed by atoms with Gasteiger partial charge < -0.3 is 19.7 Å². The highest BCUT2D eigenvalue weighted by molar-refractivity contribution is 5.95. The molecule has 1 N–H and O–H groups in total. The van der Waals surface area contributed by atoms with Crippen molar-refractivity contribution in [3.05, 3.63) is 54.3 Å². The fourth-order valence-electron chi connectivity index (χ4n) is 3.11. The Morgan fingerprint density at radius 3 is 2.34 bits per heavy atom. The number of esters is 1. The number of piperidine rings is 1. The molecular weight excluding hydrogens is 375 g/mol. The molecule has 0 unspecified atom stereocenters. The largest absolute Gasteiger partial charge is 0.482 e. The van der Waals surface area contributed by atoms with Gasteiger partial charge in [0.05, 0.1) is 0 Å². The summed E-state index contributed by atoms with van der Waals surface area (Å²) < 4.78 is 23.2. The Morgan fingerprint density at radius 1 is 1.03 bits per heavy atom. The molecule has 0 spiro atoms. The molecule has 2 aromatic carbocycles. The Balaban J connectivity index is 1.44. The van der Waals surface area contributed by atoms with Crippen LogP contribution >= 0.6 is 0 Å². The molecule has 1 heterocycles. The lowest BCUT2D eigenvalue weighted by molar-refractivity contribution is -0.155. The van der Waals surface area contributed by atoms with Crippen molar-refractivity contribution in [3.8, 4) is 5.75 Å². The van der Waals surface area contributed by atoms with E-state index in [9.17, 15) is 14.0 Å². The lowest BCUT2D eigenvalue weighted by Gasteiger charge is -2.28. The topological polar surface area (TPSA) is 67.9 Å². The highest BCUT2D eigenvalue weighted by Crippen LogP contribution is 2.22. The summed E-state index contributed by atoms with van der Waals surface area (Å²) in [6, 6.07) is 12.9. The second-order valence-electron chi connectivity index (χ2n) is 6.96. The minimum absolute atomic E-state index is 0.342. The maximum Gasteiger partial charge on any atom is 0.344 e. The molecule has 1 amide bonds. The smallest absolute Gasteiger partial charge is 0.344 e. The first-order valence-corrected chi connectivity index (χ1v) is 9.75. The van der Waals surface area contributed by atoms with Gasteiger partial charge in [-0.2, -0.15) is 0 Å². The Morgan fingerprint density at radius 2 is 1.69 bits per heavy atom. The van der Waals surface area contributed by atoms with Gasteiger partial charge in [0, 0.05) is 24.5 Å². The Kier molecular flexibility index (Phi) is 7.05. The van der Waals surface area contributed by atoms with Gasteiger partial charge in [-0.25, -0.2) is 9.18 Å². The predicted octanol–water partition coefficient (Wildman–Crippen LogP) is 3.77. The van der Waals surface area contributed by atoms with Gasteiger partial charge in [0.15, 0.2) is 12.7 Å². The summed E-state index contributed by atoms with van der Waals surface area (Å²) in [5.41, 5.74) is 1.78. The average Bonchev–Trinajstić information content (AvgIpc) is 2.74. The van der Waals surface area contributed by atoms with Crippen molar-refractivity contribution in [1.82, 2.24) is 0 Å². The van der Waals surface area contributed by atoms with E-state index >= 15 is 0 Å². The van der Waals surface area contributed by atoms with E-state index in [1.165, 1.54) is 50.5 Å². The van der Waals surface area contributed by atoms with E-state index < -0.39 is 23.8 Å². The number of benzene rings is 2. The molecule has 0 saturated carbocycles. The molecule has 1 fully saturated rings. The molecule has 0 aliphatic carbocycles. The molecule has 6 nitrogen and oxygen atoms in total. The van der Waals surface area contributed by atoms with Crippen LogP contribution in [0.3, 0.4) is 0 Å². The number of ether oxygens (including phenoxy) is 2. The summed E-state index contributed by atoms with van der Waals surface area (Å²) in [5.74, 6) is -1.16. The van der Waals surface area contributed by atoms with Gasteiger partial charge in [-0.1, -0.05) is 0 Å². The highest BCUT2D eigenvalue weighted by atomic mass is 19.1. The van der Waals surface area contributed by atoms with Crippen LogP contribution in [-0.2, 0) is 14.3 Å². The molecule has 7 heteroatoms. The molecule has 0 aromatic heterocycles. The fourth-order valence-corrected chi connectivity index (χ4v) is 3.11. The first-order valence-electron chi connectivity index (χ1n) is 9.75. The minimum atomic E-state index is -0.971. The van der Waals surface area contributed by atoms with Crippen molar-refractivity contribution in [2.45, 2.75) is 32.3 Å². The zero-order chi connectivity index (χ0) is 20.6. The quantitative estimate of drug-likeness (QED) is 0.717. The molecule has 29 heavy (non-hydrogen) atoms. The first kappa shape index (κ1) is 20.6. The second-order valence-corrected chi connectivity index (χ2v) is 6.96. The molecule has 1 atom stereocenters. The predicted molar refractivity (Wildman–Crippen MR) is 109 cm³/mol. The third-order valence-corrected chi connectivity index (χ3v) is 4.70. The van der Waals surface area contributed by atoms with Gasteiger partial charge in [-0.3, -0.25) is 4.79 Å². The number of amides is 1. The highest BCUT2D eigenvalue weighted by Gasteiger charge is 2.18. The van der Waals surface area contributed by atoms with Crippen molar-refractivity contribution in [1.29, 1.82) is 0 Å². The van der Waals surface area contributed by atoms with E-state index in [2.05, 4.69) is 10.2 Å². The average molecular weight is 400 g/mol. The van der Waals surface area contributed by atoms with E-state index in [4.69, 9.17) is 9.47 Å². The van der Waals surface area contributed by atoms with Gasteiger partial charge in [0.2, 0.25) is 0 Å². The number of nitrogens with zero attached hydrogens (tertiary/aromatic N) is 1. The molecule has 1 aliphatic heterocycles. The zero-order valence-electron chi connectivity index (χ0n) is 16.4. The van der Waals surface area contributed by atoms with Crippen molar-refractivity contribution in [2.75, 3.05) is 29.9 Å². The second kappa shape index (κ2) is 9.91. The Hall–Kier alpha value is -3.09. The third kappa shape index (κ3) is 6.20. The molecule has 0 bridgehead atoms. The molecule has 2 aromatic rings. The summed E-state index contributed by atoms with van der Waals surface area (Å²) in [5, 5.41) is 2.74. The molecule has 154 valence electrons. The minimum Gasteiger partial charge on any atom is -0.482 e. The Labute approximate surface area is 169 Å². The number of nitrogens with one attached hydrogen (secondary N) is 1. The van der Waals surface area contributed by atoms with E-state index in [-0.39, 0.29) is 6.61 Å². The monoisotopic (exact) mass is 400 g/mol. The summed E-state index contributed by atoms with van der Waals surface area (Å²) in [6.07, 6.45) is 2.70. The number of halogens is 1. The number of hydrogen-bond donors (Lipinski definition) is 1. The van der Waals surface area contributed by atoms with Crippen molar-refractivity contribution < 1.29 is 23.5 Å². The van der Waals surface area contributed by atoms with Gasteiger partial charge >= 0.3 is 5.97 Å². The van der Waals surface area contributed by atoms with E-state index in [1.807, 2.05) is 24.3 Å². The van der Waals surface area contributed by atoms with Crippen LogP contribution in [0, 0.1) is 5.82 Å². The summed E-state index contributed by atoms with van der Waals surface area (Å²) >= 11 is 0. The summed E-state index contributed by atoms with van der Waals surface area (Å²) in [6.45, 7) is 3.23. The van der Waals surface area contributed by atoms with E-state index in [0.717, 1.165) is 18.8 Å². The number of hydrogen-bond acceptors (Lipinski definition) is 5. The maximum absolute atomic E-state index is 12.8. The SMILES string of the molecule is C[C@@H](OC(=O)COc1ccc(F)cc1)C(=O)Nc1ccc(N2CCCCC2)cc1. The van der Waals surface area contributed by atoms with E-state index in [1.54, 1.807) is 0 Å². The zero-order valence-corrected chi connectivity index (χ0v) is 16.4. The first-order chi connectivity index (χ1) is 14.0. The van der Waals surface area contributed by atoms with Gasteiger partial charge in [0.25, 0.3) is 5.91 Å². The molecular formula is C22H25FN2O4. The van der Waals surface area contributed by atoms with Gasteiger partial charge in [0.1, 0.15) is 11.6 Å². The standard InChI is InChI=1S/C22H25FN2O4/c1-16(29-21(26)15-28-20-11-5-17(23)6-12-20)22(27)24-18-7-9-19(10-8-18)25-13-3-2-4-14-25/h5-12,16H,2-4,13-15H2,1H3,(H,24,27)/t16-/m1/s1. The van der Waals surface area contributed by atoms with Crippen molar-refractivity contribution >= 4 is 23.3 Å². The van der Waals surface area contributed by atoms with Crippen molar-refractivity contribution in [2.24, 2.45) is 0 Å². The fraction of sp³-hybridized carbons (Fsp3) is 0.364. The molecule has 1 saturated heterocycles. The van der Waals surface area contributed by atoms with Crippen LogP contribution in [0.15, 0.2) is 48.5 Å². The number of rotatable bonds is 7. The molecule has 1 aliphatic rings. The van der Waals surface area contributed by atoms with Crippen LogP contribution in [0.25, 0.3) is 0 Å². The van der Waals surface area contributed by atoms with E-state index in [0.29, 0.717) is 11.4 Å². The van der Waals surface area contributed by atoms with Gasteiger partial charge in [-0.05, 0) is 74.7 Å². The lowest BCUT2D eigenvalue weighted by atomic mass is 10.1. The molecule has 0 radical (unpaired) electrons. The summed E-state index contributed by atoms with van der Waals surface area (Å²) in [7, 11) is 0. The van der Waals surface area contributed by atoms with Crippen LogP contribution in [-0.4, -0.2) is 37.7 Å². The maximum atomic E-state index is 12.8. The van der Waals surface area contributed by atoms with Crippen LogP contribution in [0.4, 0.5) is 15.8 Å². The number of carbonyl (C=O) groups excluding carboxylic acids is 2. The van der Waals surface area contributed by atoms with Crippen LogP contribution < -0.4 is 15.0 Å². The van der Waals surface area contributed by atoms with Crippen LogP contribution in [0.1, 0.15) is 26.2 Å². The number of anilines is 2. The Bertz CT molecular complexity index is 818. The lowest BCUT2D eigenvalue weighted by Crippen LogP contribution is -2.31. The number of carbonyl (C=O) groups is 2. The van der Waals surface area contributed by atoms with Crippen LogP contribution in [0.2, 0.25) is 0 Å². The van der Waals surface area contributed by atoms with Gasteiger partial charge in [-0.15, -0.1) is 0 Å².